The van der Waals surface area contributed by atoms with Gasteiger partial charge in [-0.1, -0.05) is 12.1 Å². The monoisotopic (exact) mass is 244 g/mol. The molecular weight excluding hydrogens is 228 g/mol. The fourth-order valence-electron chi connectivity index (χ4n) is 1.18. The Morgan fingerprint density at radius 1 is 1.31 bits per heavy atom. The van der Waals surface area contributed by atoms with Gasteiger partial charge in [0.1, 0.15) is 0 Å². The number of nitrogens with two attached hydrogens (primary N) is 1. The van der Waals surface area contributed by atoms with E-state index in [1.807, 2.05) is 12.1 Å². The van der Waals surface area contributed by atoms with Gasteiger partial charge in [0.15, 0.2) is 0 Å². The van der Waals surface area contributed by atoms with Gasteiger partial charge in [-0.05, 0) is 24.1 Å². The third-order valence-electron chi connectivity index (χ3n) is 2.07. The van der Waals surface area contributed by atoms with Crippen molar-refractivity contribution in [2.24, 2.45) is 5.73 Å². The zero-order valence-electron chi connectivity index (χ0n) is 8.98. The van der Waals surface area contributed by atoms with Gasteiger partial charge in [0.2, 0.25) is 0 Å². The van der Waals surface area contributed by atoms with E-state index in [-0.39, 0.29) is 24.9 Å². The van der Waals surface area contributed by atoms with Gasteiger partial charge in [0.25, 0.3) is 5.91 Å². The fourth-order valence-corrected chi connectivity index (χ4v) is 1.18. The number of amides is 1. The number of halogens is 1. The summed E-state index contributed by atoms with van der Waals surface area (Å²) in [7, 11) is 0. The molecule has 0 spiro atoms. The molecule has 1 aromatic rings. The molecule has 16 heavy (non-hydrogen) atoms. The molecular formula is C11H17ClN2O2. The maximum absolute atomic E-state index is 11.5. The molecule has 0 radical (unpaired) electrons. The summed E-state index contributed by atoms with van der Waals surface area (Å²) in [4.78, 5) is 11.5. The molecule has 0 aliphatic heterocycles. The van der Waals surface area contributed by atoms with E-state index in [0.717, 1.165) is 5.56 Å². The number of aliphatic hydroxyl groups is 1. The van der Waals surface area contributed by atoms with E-state index in [1.165, 1.54) is 0 Å². The minimum atomic E-state index is -0.118. The topological polar surface area (TPSA) is 75.4 Å². The number of hydrogen-bond acceptors (Lipinski definition) is 3. The average Bonchev–Trinajstić information content (AvgIpc) is 2.29. The first-order valence-electron chi connectivity index (χ1n) is 4.96. The fraction of sp³-hybridized carbons (Fsp3) is 0.364. The molecule has 90 valence electrons. The molecule has 0 aliphatic rings. The Morgan fingerprint density at radius 3 is 2.44 bits per heavy atom. The van der Waals surface area contributed by atoms with Gasteiger partial charge in [-0.3, -0.25) is 4.79 Å². The maximum atomic E-state index is 11.5. The molecule has 0 unspecified atom stereocenters. The SMILES string of the molecule is Cl.NCc1ccc(C(=O)NCCCO)cc1. The van der Waals surface area contributed by atoms with Gasteiger partial charge in [0.05, 0.1) is 0 Å². The molecule has 0 heterocycles. The van der Waals surface area contributed by atoms with Crippen molar-refractivity contribution in [3.05, 3.63) is 35.4 Å². The molecule has 4 N–H and O–H groups in total. The van der Waals surface area contributed by atoms with E-state index in [2.05, 4.69) is 5.32 Å². The lowest BCUT2D eigenvalue weighted by molar-refractivity contribution is 0.0951. The van der Waals surface area contributed by atoms with Crippen LogP contribution in [0.1, 0.15) is 22.3 Å². The van der Waals surface area contributed by atoms with Crippen LogP contribution in [-0.2, 0) is 6.54 Å². The summed E-state index contributed by atoms with van der Waals surface area (Å²) >= 11 is 0. The number of aliphatic hydroxyl groups excluding tert-OH is 1. The molecule has 0 atom stereocenters. The number of benzene rings is 1. The van der Waals surface area contributed by atoms with Gasteiger partial charge in [-0.25, -0.2) is 0 Å². The Kier molecular flexibility index (Phi) is 7.54. The first kappa shape index (κ1) is 14.9. The summed E-state index contributed by atoms with van der Waals surface area (Å²) < 4.78 is 0. The van der Waals surface area contributed by atoms with Crippen LogP contribution >= 0.6 is 12.4 Å². The molecule has 1 aromatic carbocycles. The first-order valence-corrected chi connectivity index (χ1v) is 4.96. The van der Waals surface area contributed by atoms with Crippen molar-refractivity contribution in [1.29, 1.82) is 0 Å². The standard InChI is InChI=1S/C11H16N2O2.ClH/c12-8-9-2-4-10(5-3-9)11(15)13-6-1-7-14;/h2-5,14H,1,6-8,12H2,(H,13,15);1H. The van der Waals surface area contributed by atoms with Crippen molar-refractivity contribution < 1.29 is 9.90 Å². The predicted molar refractivity (Wildman–Crippen MR) is 65.6 cm³/mol. The van der Waals surface area contributed by atoms with Crippen LogP contribution in [0.2, 0.25) is 0 Å². The molecule has 0 bridgehead atoms. The Balaban J connectivity index is 0.00000225. The number of rotatable bonds is 5. The Bertz CT molecular complexity index is 314. The van der Waals surface area contributed by atoms with E-state index in [9.17, 15) is 4.79 Å². The largest absolute Gasteiger partial charge is 0.396 e. The van der Waals surface area contributed by atoms with Crippen LogP contribution in [0.3, 0.4) is 0 Å². The second-order valence-corrected chi connectivity index (χ2v) is 3.23. The highest BCUT2D eigenvalue weighted by atomic mass is 35.5. The lowest BCUT2D eigenvalue weighted by Crippen LogP contribution is -2.24. The molecule has 1 rings (SSSR count). The molecule has 0 saturated carbocycles. The van der Waals surface area contributed by atoms with Gasteiger partial charge >= 0.3 is 0 Å². The van der Waals surface area contributed by atoms with Gasteiger partial charge < -0.3 is 16.2 Å². The normalized spacial score (nSPS) is 9.38. The molecule has 4 nitrogen and oxygen atoms in total. The highest BCUT2D eigenvalue weighted by Crippen LogP contribution is 2.03. The lowest BCUT2D eigenvalue weighted by atomic mass is 10.1. The summed E-state index contributed by atoms with van der Waals surface area (Å²) in [5.41, 5.74) is 7.06. The number of carbonyl (C=O) groups excluding carboxylic acids is 1. The minimum Gasteiger partial charge on any atom is -0.396 e. The van der Waals surface area contributed by atoms with Crippen LogP contribution in [0.25, 0.3) is 0 Å². The Morgan fingerprint density at radius 2 is 1.94 bits per heavy atom. The van der Waals surface area contributed by atoms with E-state index in [0.29, 0.717) is 25.1 Å². The highest BCUT2D eigenvalue weighted by molar-refractivity contribution is 5.94. The van der Waals surface area contributed by atoms with Crippen molar-refractivity contribution in [3.63, 3.8) is 0 Å². The van der Waals surface area contributed by atoms with Gasteiger partial charge in [-0.15, -0.1) is 12.4 Å². The zero-order valence-corrected chi connectivity index (χ0v) is 9.80. The Labute approximate surface area is 101 Å². The van der Waals surface area contributed by atoms with E-state index in [4.69, 9.17) is 10.8 Å². The van der Waals surface area contributed by atoms with Crippen LogP contribution in [0, 0.1) is 0 Å². The summed E-state index contributed by atoms with van der Waals surface area (Å²) in [6.07, 6.45) is 0.576. The van der Waals surface area contributed by atoms with E-state index >= 15 is 0 Å². The van der Waals surface area contributed by atoms with Crippen molar-refractivity contribution in [2.45, 2.75) is 13.0 Å². The summed E-state index contributed by atoms with van der Waals surface area (Å²) in [6, 6.07) is 7.16. The van der Waals surface area contributed by atoms with E-state index in [1.54, 1.807) is 12.1 Å². The maximum Gasteiger partial charge on any atom is 0.251 e. The van der Waals surface area contributed by atoms with Crippen LogP contribution in [-0.4, -0.2) is 24.2 Å². The molecule has 5 heteroatoms. The number of nitrogens with one attached hydrogen (secondary N) is 1. The Hall–Kier alpha value is -1.10. The number of hydrogen-bond donors (Lipinski definition) is 3. The van der Waals surface area contributed by atoms with Crippen LogP contribution in [0.4, 0.5) is 0 Å². The smallest absolute Gasteiger partial charge is 0.251 e. The zero-order chi connectivity index (χ0) is 11.1. The third-order valence-corrected chi connectivity index (χ3v) is 2.07. The molecule has 0 saturated heterocycles. The molecule has 0 fully saturated rings. The van der Waals surface area contributed by atoms with Crippen molar-refractivity contribution in [2.75, 3.05) is 13.2 Å². The summed E-state index contributed by atoms with van der Waals surface area (Å²) in [6.45, 7) is 1.06. The van der Waals surface area contributed by atoms with Crippen LogP contribution in [0.15, 0.2) is 24.3 Å². The second kappa shape index (κ2) is 8.10. The summed E-state index contributed by atoms with van der Waals surface area (Å²) in [5.74, 6) is -0.118. The van der Waals surface area contributed by atoms with Gasteiger partial charge in [-0.2, -0.15) is 0 Å². The highest BCUT2D eigenvalue weighted by Gasteiger charge is 2.03. The summed E-state index contributed by atoms with van der Waals surface area (Å²) in [5, 5.41) is 11.3. The van der Waals surface area contributed by atoms with Gasteiger partial charge in [0, 0.05) is 25.3 Å². The van der Waals surface area contributed by atoms with E-state index < -0.39 is 0 Å². The quantitative estimate of drug-likeness (QED) is 0.667. The second-order valence-electron chi connectivity index (χ2n) is 3.23. The van der Waals surface area contributed by atoms with Crippen molar-refractivity contribution in [3.8, 4) is 0 Å². The molecule has 0 aromatic heterocycles. The van der Waals surface area contributed by atoms with Crippen LogP contribution < -0.4 is 11.1 Å². The van der Waals surface area contributed by atoms with Crippen molar-refractivity contribution >= 4 is 18.3 Å². The first-order chi connectivity index (χ1) is 7.27. The minimum absolute atomic E-state index is 0. The van der Waals surface area contributed by atoms with Crippen LogP contribution in [0.5, 0.6) is 0 Å². The van der Waals surface area contributed by atoms with Crippen molar-refractivity contribution in [1.82, 2.24) is 5.32 Å². The molecule has 1 amide bonds. The average molecular weight is 245 g/mol. The molecule has 0 aliphatic carbocycles. The number of carbonyl (C=O) groups is 1. The predicted octanol–water partition coefficient (Wildman–Crippen LogP) is 0.679. The lowest BCUT2D eigenvalue weighted by Gasteiger charge is -2.04. The third kappa shape index (κ3) is 4.61.